The van der Waals surface area contributed by atoms with Crippen LogP contribution in [0.5, 0.6) is 0 Å². The summed E-state index contributed by atoms with van der Waals surface area (Å²) < 4.78 is 10.7. The quantitative estimate of drug-likeness (QED) is 0.317. The van der Waals surface area contributed by atoms with Crippen LogP contribution in [0.25, 0.3) is 0 Å². The zero-order valence-corrected chi connectivity index (χ0v) is 18.1. The van der Waals surface area contributed by atoms with Crippen molar-refractivity contribution in [1.82, 2.24) is 20.4 Å². The highest BCUT2D eigenvalue weighted by molar-refractivity contribution is 5.85. The third-order valence-corrected chi connectivity index (χ3v) is 5.04. The van der Waals surface area contributed by atoms with Crippen molar-refractivity contribution < 1.29 is 19.1 Å². The lowest BCUT2D eigenvalue weighted by molar-refractivity contribution is -0.127. The highest BCUT2D eigenvalue weighted by Crippen LogP contribution is 2.28. The number of carbonyl (C=O) groups is 2. The van der Waals surface area contributed by atoms with Crippen molar-refractivity contribution in [2.24, 2.45) is 10.9 Å². The van der Waals surface area contributed by atoms with E-state index in [1.165, 1.54) is 17.7 Å². The molecule has 2 fully saturated rings. The fourth-order valence-electron chi connectivity index (χ4n) is 2.97. The van der Waals surface area contributed by atoms with Crippen LogP contribution in [0.3, 0.4) is 0 Å². The highest BCUT2D eigenvalue weighted by Gasteiger charge is 2.24. The number of nitrogens with one attached hydrogen (secondary N) is 2. The van der Waals surface area contributed by atoms with Crippen LogP contribution in [0.1, 0.15) is 39.0 Å². The second-order valence-electron chi connectivity index (χ2n) is 7.86. The fraction of sp³-hybridized carbons (Fsp3) is 0.850. The van der Waals surface area contributed by atoms with Crippen LogP contribution in [0.4, 0.5) is 4.79 Å². The molecule has 166 valence electrons. The van der Waals surface area contributed by atoms with Crippen LogP contribution >= 0.6 is 0 Å². The van der Waals surface area contributed by atoms with Gasteiger partial charge in [-0.1, -0.05) is 0 Å². The van der Waals surface area contributed by atoms with Gasteiger partial charge in [-0.05, 0) is 44.9 Å². The summed E-state index contributed by atoms with van der Waals surface area (Å²) in [6, 6.07) is 0.201. The summed E-state index contributed by atoms with van der Waals surface area (Å²) in [6.45, 7) is 5.93. The first kappa shape index (κ1) is 23.3. The summed E-state index contributed by atoms with van der Waals surface area (Å²) in [4.78, 5) is 31.4. The molecule has 0 unspecified atom stereocenters. The Kier molecular flexibility index (Phi) is 10.0. The summed E-state index contributed by atoms with van der Waals surface area (Å²) in [5, 5.41) is 6.71. The molecule has 0 atom stereocenters. The number of carbonyl (C=O) groups excluding carboxylic acids is 2. The minimum Gasteiger partial charge on any atom is -0.450 e. The van der Waals surface area contributed by atoms with E-state index in [4.69, 9.17) is 9.47 Å². The molecule has 1 aliphatic heterocycles. The first-order valence-corrected chi connectivity index (χ1v) is 10.7. The monoisotopic (exact) mass is 411 g/mol. The van der Waals surface area contributed by atoms with E-state index >= 15 is 0 Å². The van der Waals surface area contributed by atoms with Crippen LogP contribution < -0.4 is 10.6 Å². The second-order valence-corrected chi connectivity index (χ2v) is 7.86. The van der Waals surface area contributed by atoms with Crippen molar-refractivity contribution in [3.8, 4) is 0 Å². The molecule has 0 bridgehead atoms. The predicted molar refractivity (Wildman–Crippen MR) is 112 cm³/mol. The van der Waals surface area contributed by atoms with Gasteiger partial charge in [-0.25, -0.2) is 9.79 Å². The molecule has 2 amide bonds. The van der Waals surface area contributed by atoms with Crippen LogP contribution in [-0.4, -0.2) is 93.9 Å². The zero-order chi connectivity index (χ0) is 21.1. The number of hydrogen-bond donors (Lipinski definition) is 2. The molecule has 2 N–H and O–H groups in total. The maximum absolute atomic E-state index is 11.9. The van der Waals surface area contributed by atoms with Gasteiger partial charge in [0.15, 0.2) is 5.96 Å². The lowest BCUT2D eigenvalue weighted by atomic mass is 10.1. The number of piperidine rings is 1. The number of amides is 2. The van der Waals surface area contributed by atoms with E-state index in [-0.39, 0.29) is 24.6 Å². The van der Waals surface area contributed by atoms with Gasteiger partial charge < -0.3 is 29.9 Å². The molecule has 0 radical (unpaired) electrons. The van der Waals surface area contributed by atoms with Gasteiger partial charge in [0.25, 0.3) is 0 Å². The third kappa shape index (κ3) is 9.34. The minimum atomic E-state index is -0.249. The number of hydrogen-bond acceptors (Lipinski definition) is 5. The van der Waals surface area contributed by atoms with Crippen molar-refractivity contribution in [2.45, 2.75) is 45.1 Å². The first-order valence-electron chi connectivity index (χ1n) is 10.7. The van der Waals surface area contributed by atoms with Gasteiger partial charge in [-0.15, -0.1) is 0 Å². The Morgan fingerprint density at radius 1 is 1.17 bits per heavy atom. The van der Waals surface area contributed by atoms with Crippen LogP contribution in [0.15, 0.2) is 4.99 Å². The average molecular weight is 412 g/mol. The Labute approximate surface area is 174 Å². The Bertz CT molecular complexity index is 543. The van der Waals surface area contributed by atoms with Gasteiger partial charge in [0, 0.05) is 53.0 Å². The summed E-state index contributed by atoms with van der Waals surface area (Å²) in [7, 11) is 3.45. The van der Waals surface area contributed by atoms with Gasteiger partial charge in [-0.2, -0.15) is 0 Å². The van der Waals surface area contributed by atoms with Crippen molar-refractivity contribution in [3.05, 3.63) is 0 Å². The molecule has 9 nitrogen and oxygen atoms in total. The van der Waals surface area contributed by atoms with Gasteiger partial charge in [0.2, 0.25) is 5.91 Å². The second kappa shape index (κ2) is 12.5. The lowest BCUT2D eigenvalue weighted by Crippen LogP contribution is -2.50. The van der Waals surface area contributed by atoms with E-state index in [2.05, 4.69) is 15.6 Å². The molecule has 0 aromatic rings. The number of guanidine groups is 1. The Morgan fingerprint density at radius 2 is 1.90 bits per heavy atom. The van der Waals surface area contributed by atoms with E-state index in [0.29, 0.717) is 25.7 Å². The molecule has 1 saturated heterocycles. The number of likely N-dealkylation sites (tertiary alicyclic amines) is 1. The standard InChI is InChI=1S/C20H37N5O4/c1-4-29-20(27)25-11-8-17(9-12-25)23-19(22-14-18(26)24(2)3)21-10-5-13-28-15-16-6-7-16/h16-17H,4-15H2,1-3H3,(H2,21,22,23). The molecule has 1 aliphatic carbocycles. The Hall–Kier alpha value is -2.03. The number of rotatable bonds is 10. The van der Waals surface area contributed by atoms with E-state index in [0.717, 1.165) is 44.9 Å². The van der Waals surface area contributed by atoms with E-state index in [9.17, 15) is 9.59 Å². The molecular formula is C20H37N5O4. The maximum atomic E-state index is 11.9. The molecule has 0 aromatic carbocycles. The van der Waals surface area contributed by atoms with Gasteiger partial charge >= 0.3 is 6.09 Å². The summed E-state index contributed by atoms with van der Waals surface area (Å²) in [5.74, 6) is 1.37. The molecule has 2 rings (SSSR count). The van der Waals surface area contributed by atoms with Crippen molar-refractivity contribution >= 4 is 18.0 Å². The largest absolute Gasteiger partial charge is 0.450 e. The van der Waals surface area contributed by atoms with Gasteiger partial charge in [0.05, 0.1) is 6.61 Å². The lowest BCUT2D eigenvalue weighted by Gasteiger charge is -2.32. The first-order chi connectivity index (χ1) is 14.0. The topological polar surface area (TPSA) is 95.5 Å². The van der Waals surface area contributed by atoms with Crippen molar-refractivity contribution in [2.75, 3.05) is 60.1 Å². The number of likely N-dealkylation sites (N-methyl/N-ethyl adjacent to an activating group) is 1. The normalized spacial score (nSPS) is 17.8. The van der Waals surface area contributed by atoms with Crippen molar-refractivity contribution in [3.63, 3.8) is 0 Å². The molecule has 2 aliphatic rings. The summed E-state index contributed by atoms with van der Waals surface area (Å²) in [5.41, 5.74) is 0. The SMILES string of the molecule is CCOC(=O)N1CCC(NC(=NCC(=O)N(C)C)NCCCOCC2CC2)CC1. The number of ether oxygens (including phenoxy) is 2. The third-order valence-electron chi connectivity index (χ3n) is 5.04. The van der Waals surface area contributed by atoms with Gasteiger partial charge in [0.1, 0.15) is 6.54 Å². The van der Waals surface area contributed by atoms with Crippen LogP contribution in [0.2, 0.25) is 0 Å². The average Bonchev–Trinajstić information content (AvgIpc) is 3.53. The van der Waals surface area contributed by atoms with E-state index < -0.39 is 0 Å². The molecule has 9 heteroatoms. The molecule has 1 heterocycles. The Balaban J connectivity index is 1.75. The number of aliphatic imine (C=N–C) groups is 1. The van der Waals surface area contributed by atoms with Crippen molar-refractivity contribution in [1.29, 1.82) is 0 Å². The summed E-state index contributed by atoms with van der Waals surface area (Å²) in [6.07, 6.45) is 4.86. The van der Waals surface area contributed by atoms with Crippen LogP contribution in [0, 0.1) is 5.92 Å². The molecular weight excluding hydrogens is 374 g/mol. The summed E-state index contributed by atoms with van der Waals surface area (Å²) >= 11 is 0. The maximum Gasteiger partial charge on any atom is 0.409 e. The van der Waals surface area contributed by atoms with Crippen LogP contribution in [-0.2, 0) is 14.3 Å². The molecule has 29 heavy (non-hydrogen) atoms. The highest BCUT2D eigenvalue weighted by atomic mass is 16.6. The molecule has 0 aromatic heterocycles. The number of nitrogens with zero attached hydrogens (tertiary/aromatic N) is 3. The molecule has 1 saturated carbocycles. The van der Waals surface area contributed by atoms with E-state index in [1.807, 2.05) is 6.92 Å². The van der Waals surface area contributed by atoms with Gasteiger partial charge in [-0.3, -0.25) is 4.79 Å². The molecule has 0 spiro atoms. The predicted octanol–water partition coefficient (Wildman–Crippen LogP) is 1.05. The van der Waals surface area contributed by atoms with E-state index in [1.54, 1.807) is 19.0 Å². The fourth-order valence-corrected chi connectivity index (χ4v) is 2.97. The minimum absolute atomic E-state index is 0.0454. The zero-order valence-electron chi connectivity index (χ0n) is 18.1. The smallest absolute Gasteiger partial charge is 0.409 e. The Morgan fingerprint density at radius 3 is 2.52 bits per heavy atom.